The van der Waals surface area contributed by atoms with Gasteiger partial charge in [-0.15, -0.1) is 11.3 Å². The largest absolute Gasteiger partial charge is 0.494 e. The molecule has 13 heteroatoms. The molecule has 0 bridgehead atoms. The molecule has 1 aromatic carbocycles. The zero-order valence-electron chi connectivity index (χ0n) is 19.2. The molecule has 1 atom stereocenters. The summed E-state index contributed by atoms with van der Waals surface area (Å²) in [6.07, 6.45) is -0.649. The highest BCUT2D eigenvalue weighted by Crippen LogP contribution is 2.45. The minimum Gasteiger partial charge on any atom is -0.494 e. The second-order valence-electron chi connectivity index (χ2n) is 8.09. The Kier molecular flexibility index (Phi) is 8.05. The van der Waals surface area contributed by atoms with E-state index in [-0.39, 0.29) is 19.5 Å². The average Bonchev–Trinajstić information content (AvgIpc) is 3.24. The third-order valence-electron chi connectivity index (χ3n) is 5.83. The standard InChI is InChI=1S/C21H29N3O7S3/c1-4-31-17-7-5-16(6-8-17)18-9-10-19(32-18)21(15-20(25)22-26)11-12-24(13-14-33(21,27)28)34(29,30)23(2)3/h5-10,26H,4,11-15H2,1-3H3,(H,22,25). The maximum absolute atomic E-state index is 13.6. The third-order valence-corrected chi connectivity index (χ3v) is 11.7. The predicted octanol–water partition coefficient (Wildman–Crippen LogP) is 1.83. The van der Waals surface area contributed by atoms with Crippen molar-refractivity contribution in [2.45, 2.75) is 24.5 Å². The van der Waals surface area contributed by atoms with Gasteiger partial charge in [0.2, 0.25) is 5.91 Å². The van der Waals surface area contributed by atoms with Crippen LogP contribution in [0.3, 0.4) is 0 Å². The fraction of sp³-hybridized carbons (Fsp3) is 0.476. The zero-order chi connectivity index (χ0) is 25.1. The molecular formula is C21H29N3O7S3. The number of benzene rings is 1. The fourth-order valence-corrected chi connectivity index (χ4v) is 8.76. The molecule has 1 aliphatic heterocycles. The van der Waals surface area contributed by atoms with E-state index in [1.807, 2.05) is 31.2 Å². The van der Waals surface area contributed by atoms with E-state index in [0.717, 1.165) is 19.1 Å². The topological polar surface area (TPSA) is 133 Å². The number of amides is 1. The summed E-state index contributed by atoms with van der Waals surface area (Å²) < 4.78 is 58.4. The van der Waals surface area contributed by atoms with Crippen LogP contribution in [0.2, 0.25) is 0 Å². The normalized spacial score (nSPS) is 21.2. The maximum atomic E-state index is 13.6. The third kappa shape index (κ3) is 5.14. The monoisotopic (exact) mass is 531 g/mol. The number of hydrogen-bond donors (Lipinski definition) is 2. The minimum absolute atomic E-state index is 0.0886. The molecule has 0 saturated carbocycles. The Morgan fingerprint density at radius 1 is 1.21 bits per heavy atom. The summed E-state index contributed by atoms with van der Waals surface area (Å²) in [7, 11) is -5.07. The van der Waals surface area contributed by atoms with Gasteiger partial charge in [-0.05, 0) is 55.3 Å². The van der Waals surface area contributed by atoms with Crippen LogP contribution in [0, 0.1) is 0 Å². The van der Waals surface area contributed by atoms with Gasteiger partial charge < -0.3 is 4.74 Å². The lowest BCUT2D eigenvalue weighted by Crippen LogP contribution is -2.42. The highest BCUT2D eigenvalue weighted by molar-refractivity contribution is 7.92. The lowest BCUT2D eigenvalue weighted by molar-refractivity contribution is -0.129. The molecule has 10 nitrogen and oxygen atoms in total. The van der Waals surface area contributed by atoms with Gasteiger partial charge in [0.25, 0.3) is 10.2 Å². The van der Waals surface area contributed by atoms with Gasteiger partial charge >= 0.3 is 0 Å². The molecule has 0 aliphatic carbocycles. The van der Waals surface area contributed by atoms with Gasteiger partial charge in [-0.1, -0.05) is 0 Å². The van der Waals surface area contributed by atoms with Gasteiger partial charge in [0.05, 0.1) is 18.8 Å². The summed E-state index contributed by atoms with van der Waals surface area (Å²) in [4.78, 5) is 13.5. The highest BCUT2D eigenvalue weighted by atomic mass is 32.2. The zero-order valence-corrected chi connectivity index (χ0v) is 21.7. The second-order valence-corrected chi connectivity index (χ2v) is 13.7. The summed E-state index contributed by atoms with van der Waals surface area (Å²) in [6.45, 7) is 2.12. The van der Waals surface area contributed by atoms with Gasteiger partial charge in [-0.3, -0.25) is 10.0 Å². The molecule has 1 aromatic heterocycles. The first-order valence-corrected chi connectivity index (χ1v) is 14.5. The number of carbonyl (C=O) groups excluding carboxylic acids is 1. The molecule has 0 spiro atoms. The van der Waals surface area contributed by atoms with Crippen LogP contribution in [0.5, 0.6) is 5.75 Å². The Hall–Kier alpha value is -2.03. The van der Waals surface area contributed by atoms with Gasteiger partial charge in [-0.25, -0.2) is 13.9 Å². The van der Waals surface area contributed by atoms with Crippen LogP contribution in [0.4, 0.5) is 0 Å². The van der Waals surface area contributed by atoms with E-state index in [4.69, 9.17) is 9.94 Å². The van der Waals surface area contributed by atoms with E-state index in [9.17, 15) is 21.6 Å². The minimum atomic E-state index is -3.99. The van der Waals surface area contributed by atoms with E-state index in [1.165, 1.54) is 30.9 Å². The summed E-state index contributed by atoms with van der Waals surface area (Å²) in [5.74, 6) is -0.592. The molecule has 2 aromatic rings. The van der Waals surface area contributed by atoms with Gasteiger partial charge in [-0.2, -0.15) is 17.0 Å². The molecule has 1 saturated heterocycles. The van der Waals surface area contributed by atoms with Crippen molar-refractivity contribution in [1.29, 1.82) is 0 Å². The Morgan fingerprint density at radius 2 is 1.88 bits per heavy atom. The van der Waals surface area contributed by atoms with Crippen LogP contribution < -0.4 is 10.2 Å². The molecule has 188 valence electrons. The summed E-state index contributed by atoms with van der Waals surface area (Å²) in [6, 6.07) is 10.8. The van der Waals surface area contributed by atoms with Crippen LogP contribution in [0.25, 0.3) is 10.4 Å². The Morgan fingerprint density at radius 3 is 2.47 bits per heavy atom. The van der Waals surface area contributed by atoms with Crippen molar-refractivity contribution in [2.24, 2.45) is 0 Å². The second kappa shape index (κ2) is 10.3. The molecule has 34 heavy (non-hydrogen) atoms. The van der Waals surface area contributed by atoms with Crippen molar-refractivity contribution in [3.05, 3.63) is 41.3 Å². The average molecular weight is 532 g/mol. The Labute approximate surface area is 204 Å². The van der Waals surface area contributed by atoms with Crippen LogP contribution in [0.1, 0.15) is 24.6 Å². The van der Waals surface area contributed by atoms with Crippen LogP contribution in [-0.4, -0.2) is 76.1 Å². The van der Waals surface area contributed by atoms with Crippen molar-refractivity contribution < 1.29 is 31.6 Å². The van der Waals surface area contributed by atoms with Crippen LogP contribution >= 0.6 is 11.3 Å². The number of ether oxygens (including phenoxy) is 1. The molecule has 1 aliphatic rings. The molecule has 1 amide bonds. The van der Waals surface area contributed by atoms with E-state index < -0.39 is 42.9 Å². The first kappa shape index (κ1) is 26.6. The van der Waals surface area contributed by atoms with Gasteiger partial charge in [0, 0.05) is 36.9 Å². The quantitative estimate of drug-likeness (QED) is 0.392. The maximum Gasteiger partial charge on any atom is 0.281 e. The number of thiophene rings is 1. The smallest absolute Gasteiger partial charge is 0.281 e. The number of nitrogens with one attached hydrogen (secondary N) is 1. The highest BCUT2D eigenvalue weighted by Gasteiger charge is 2.50. The molecule has 1 fully saturated rings. The van der Waals surface area contributed by atoms with Crippen molar-refractivity contribution in [2.75, 3.05) is 39.5 Å². The Bertz CT molecular complexity index is 1220. The SMILES string of the molecule is CCOc1ccc(-c2ccc(C3(CC(=O)NO)CCN(S(=O)(=O)N(C)C)CCS3(=O)=O)s2)cc1. The molecule has 2 heterocycles. The number of nitrogens with zero attached hydrogens (tertiary/aromatic N) is 2. The van der Waals surface area contributed by atoms with Crippen molar-refractivity contribution in [1.82, 2.24) is 14.1 Å². The summed E-state index contributed by atoms with van der Waals surface area (Å²) >= 11 is 1.23. The fourth-order valence-electron chi connectivity index (χ4n) is 3.93. The Balaban J connectivity index is 2.05. The number of hydrogen-bond acceptors (Lipinski definition) is 8. The van der Waals surface area contributed by atoms with E-state index >= 15 is 0 Å². The van der Waals surface area contributed by atoms with E-state index in [0.29, 0.717) is 17.2 Å². The summed E-state index contributed by atoms with van der Waals surface area (Å²) in [5, 5.41) is 9.16. The summed E-state index contributed by atoms with van der Waals surface area (Å²) in [5.41, 5.74) is 2.38. The molecular weight excluding hydrogens is 502 g/mol. The van der Waals surface area contributed by atoms with Crippen LogP contribution in [0.15, 0.2) is 36.4 Å². The number of rotatable bonds is 8. The van der Waals surface area contributed by atoms with Crippen LogP contribution in [-0.2, 0) is 29.6 Å². The van der Waals surface area contributed by atoms with Crippen molar-refractivity contribution in [3.63, 3.8) is 0 Å². The van der Waals surface area contributed by atoms with E-state index in [1.54, 1.807) is 12.1 Å². The molecule has 1 unspecified atom stereocenters. The first-order chi connectivity index (χ1) is 16.0. The van der Waals surface area contributed by atoms with Crippen molar-refractivity contribution >= 4 is 37.3 Å². The van der Waals surface area contributed by atoms with E-state index in [2.05, 4.69) is 0 Å². The molecule has 0 radical (unpaired) electrons. The predicted molar refractivity (Wildman–Crippen MR) is 130 cm³/mol. The number of hydroxylamine groups is 1. The van der Waals surface area contributed by atoms with Crippen molar-refractivity contribution in [3.8, 4) is 16.2 Å². The van der Waals surface area contributed by atoms with Gasteiger partial charge in [0.15, 0.2) is 9.84 Å². The lowest BCUT2D eigenvalue weighted by Gasteiger charge is -2.30. The molecule has 2 N–H and O–H groups in total. The number of sulfone groups is 1. The number of carbonyl (C=O) groups is 1. The lowest BCUT2D eigenvalue weighted by atomic mass is 9.97. The van der Waals surface area contributed by atoms with Gasteiger partial charge in [0.1, 0.15) is 10.5 Å². The molecule has 3 rings (SSSR count). The first-order valence-electron chi connectivity index (χ1n) is 10.6.